The van der Waals surface area contributed by atoms with Crippen molar-refractivity contribution in [1.29, 1.82) is 0 Å². The van der Waals surface area contributed by atoms with E-state index in [1.165, 1.54) is 55.9 Å². The molecule has 0 nitrogen and oxygen atoms in total. The van der Waals surface area contributed by atoms with Crippen LogP contribution in [0.15, 0.2) is 42.2 Å². The second kappa shape index (κ2) is 4.87. The van der Waals surface area contributed by atoms with E-state index >= 15 is 0 Å². The molecule has 22 heavy (non-hydrogen) atoms. The SMILES string of the molecule is c1c[pH]c2c(C3(C4CCCC4)CCC3)c3ccccc3c-2c1. The van der Waals surface area contributed by atoms with Gasteiger partial charge in [0.15, 0.2) is 0 Å². The van der Waals surface area contributed by atoms with Gasteiger partial charge in [0.05, 0.1) is 0 Å². The van der Waals surface area contributed by atoms with Gasteiger partial charge in [-0.1, -0.05) is 55.7 Å². The van der Waals surface area contributed by atoms with Gasteiger partial charge in [-0.15, -0.1) is 8.19 Å². The average Bonchev–Trinajstić information content (AvgIpc) is 3.15. The molecule has 1 aromatic rings. The Balaban J connectivity index is 1.82. The van der Waals surface area contributed by atoms with Gasteiger partial charge in [-0.05, 0) is 64.7 Å². The molecule has 4 aliphatic rings. The lowest BCUT2D eigenvalue weighted by Crippen LogP contribution is -2.40. The van der Waals surface area contributed by atoms with Crippen molar-refractivity contribution in [3.05, 3.63) is 47.8 Å². The monoisotopic (exact) mass is 306 g/mol. The minimum Gasteiger partial charge on any atom is -0.131 e. The van der Waals surface area contributed by atoms with Crippen LogP contribution in [0.25, 0.3) is 21.6 Å². The number of hydrogen-bond acceptors (Lipinski definition) is 0. The van der Waals surface area contributed by atoms with Gasteiger partial charge in [-0.2, -0.15) is 0 Å². The van der Waals surface area contributed by atoms with Crippen LogP contribution in [-0.4, -0.2) is 0 Å². The molecule has 0 N–H and O–H groups in total. The first kappa shape index (κ1) is 13.2. The van der Waals surface area contributed by atoms with Gasteiger partial charge < -0.3 is 0 Å². The maximum atomic E-state index is 2.40. The third-order valence-corrected chi connectivity index (χ3v) is 7.64. The molecule has 5 rings (SSSR count). The molecule has 2 fully saturated rings. The van der Waals surface area contributed by atoms with Crippen molar-refractivity contribution in [3.63, 3.8) is 0 Å². The third kappa shape index (κ3) is 1.65. The summed E-state index contributed by atoms with van der Waals surface area (Å²) in [5.74, 6) is 3.33. The van der Waals surface area contributed by atoms with Gasteiger partial charge >= 0.3 is 0 Å². The first-order valence-electron chi connectivity index (χ1n) is 8.88. The van der Waals surface area contributed by atoms with Crippen molar-refractivity contribution in [1.82, 2.24) is 0 Å². The Morgan fingerprint density at radius 2 is 1.64 bits per heavy atom. The molecule has 1 heterocycles. The quantitative estimate of drug-likeness (QED) is 0.501. The molecule has 0 bridgehead atoms. The van der Waals surface area contributed by atoms with Crippen molar-refractivity contribution in [2.45, 2.75) is 50.4 Å². The lowest BCUT2D eigenvalue weighted by atomic mass is 9.56. The Bertz CT molecular complexity index is 787. The number of benzene rings is 1. The third-order valence-electron chi connectivity index (χ3n) is 6.47. The molecular formula is C21H23P. The highest BCUT2D eigenvalue weighted by molar-refractivity contribution is 7.33. The highest BCUT2D eigenvalue weighted by Crippen LogP contribution is 2.60. The van der Waals surface area contributed by atoms with Crippen molar-refractivity contribution in [2.75, 3.05) is 0 Å². The summed E-state index contributed by atoms with van der Waals surface area (Å²) in [7, 11) is 0.870. The molecule has 0 aromatic heterocycles. The molecule has 112 valence electrons. The van der Waals surface area contributed by atoms with Gasteiger partial charge in [-0.25, -0.2) is 0 Å². The first-order valence-corrected chi connectivity index (χ1v) is 9.96. The molecule has 1 unspecified atom stereocenters. The zero-order valence-corrected chi connectivity index (χ0v) is 14.1. The van der Waals surface area contributed by atoms with E-state index in [1.807, 2.05) is 0 Å². The number of hydrogen-bond donors (Lipinski definition) is 0. The fourth-order valence-electron chi connectivity index (χ4n) is 5.35. The molecule has 3 aliphatic carbocycles. The Labute approximate surface area is 134 Å². The molecule has 1 aromatic carbocycles. The average molecular weight is 306 g/mol. The fourth-order valence-corrected chi connectivity index (χ4v) is 6.61. The number of fused-ring (bicyclic) bond motifs is 3. The zero-order chi connectivity index (χ0) is 14.6. The van der Waals surface area contributed by atoms with Crippen LogP contribution in [0.1, 0.15) is 50.5 Å². The Hall–Kier alpha value is -1.26. The van der Waals surface area contributed by atoms with E-state index in [-0.39, 0.29) is 0 Å². The predicted octanol–water partition coefficient (Wildman–Crippen LogP) is 6.59. The molecule has 0 saturated heterocycles. The van der Waals surface area contributed by atoms with Crippen LogP contribution in [-0.2, 0) is 5.41 Å². The zero-order valence-electron chi connectivity index (χ0n) is 13.1. The van der Waals surface area contributed by atoms with E-state index in [0.29, 0.717) is 5.41 Å². The van der Waals surface area contributed by atoms with Crippen molar-refractivity contribution < 1.29 is 0 Å². The van der Waals surface area contributed by atoms with Crippen LogP contribution in [0.2, 0.25) is 0 Å². The molecule has 2 saturated carbocycles. The summed E-state index contributed by atoms with van der Waals surface area (Å²) in [6.45, 7) is 0. The Kier molecular flexibility index (Phi) is 2.92. The maximum absolute atomic E-state index is 2.40. The van der Waals surface area contributed by atoms with E-state index in [4.69, 9.17) is 0 Å². The summed E-state index contributed by atoms with van der Waals surface area (Å²) in [5.41, 5.74) is 3.83. The predicted molar refractivity (Wildman–Crippen MR) is 97.6 cm³/mol. The first-order chi connectivity index (χ1) is 10.9. The van der Waals surface area contributed by atoms with Gasteiger partial charge in [0.2, 0.25) is 0 Å². The molecule has 0 amide bonds. The summed E-state index contributed by atoms with van der Waals surface area (Å²) in [4.78, 5) is 0. The van der Waals surface area contributed by atoms with Crippen LogP contribution >= 0.6 is 8.19 Å². The Morgan fingerprint density at radius 3 is 2.36 bits per heavy atom. The van der Waals surface area contributed by atoms with Crippen molar-refractivity contribution in [2.24, 2.45) is 5.92 Å². The summed E-state index contributed by atoms with van der Waals surface area (Å²) in [6, 6.07) is 13.8. The largest absolute Gasteiger partial charge is 0.131 e. The normalized spacial score (nSPS) is 21.8. The van der Waals surface area contributed by atoms with E-state index < -0.39 is 0 Å². The van der Waals surface area contributed by atoms with Gasteiger partial charge in [0.1, 0.15) is 0 Å². The van der Waals surface area contributed by atoms with E-state index in [0.717, 1.165) is 14.1 Å². The minimum atomic E-state index is 0.524. The smallest absolute Gasteiger partial charge is 0.00318 e. The van der Waals surface area contributed by atoms with Gasteiger partial charge in [-0.3, -0.25) is 0 Å². The minimum absolute atomic E-state index is 0.524. The van der Waals surface area contributed by atoms with Crippen LogP contribution in [0.5, 0.6) is 0 Å². The lowest BCUT2D eigenvalue weighted by molar-refractivity contribution is 0.151. The van der Waals surface area contributed by atoms with Crippen LogP contribution < -0.4 is 0 Å². The summed E-state index contributed by atoms with van der Waals surface area (Å²) in [6.07, 6.45) is 10.2. The maximum Gasteiger partial charge on any atom is 0.00318 e. The van der Waals surface area contributed by atoms with Crippen LogP contribution in [0.4, 0.5) is 0 Å². The number of rotatable bonds is 2. The lowest BCUT2D eigenvalue weighted by Gasteiger charge is -2.48. The van der Waals surface area contributed by atoms with Gasteiger partial charge in [0, 0.05) is 5.30 Å². The van der Waals surface area contributed by atoms with E-state index in [1.54, 1.807) is 16.2 Å². The van der Waals surface area contributed by atoms with Crippen molar-refractivity contribution in [3.8, 4) is 10.9 Å². The second-order valence-corrected chi connectivity index (χ2v) is 8.49. The summed E-state index contributed by atoms with van der Waals surface area (Å²) >= 11 is 0. The van der Waals surface area contributed by atoms with Crippen LogP contribution in [0, 0.1) is 5.92 Å². The van der Waals surface area contributed by atoms with Crippen LogP contribution in [0.3, 0.4) is 0 Å². The van der Waals surface area contributed by atoms with E-state index in [9.17, 15) is 0 Å². The highest BCUT2D eigenvalue weighted by atomic mass is 31.0. The molecule has 0 radical (unpaired) electrons. The Morgan fingerprint density at radius 1 is 0.864 bits per heavy atom. The summed E-state index contributed by atoms with van der Waals surface area (Å²) in [5, 5.41) is 4.77. The molecule has 0 spiro atoms. The molecular weight excluding hydrogens is 283 g/mol. The second-order valence-electron chi connectivity index (χ2n) is 7.37. The molecule has 1 heteroatoms. The molecule has 1 atom stereocenters. The van der Waals surface area contributed by atoms with E-state index in [2.05, 4.69) is 42.2 Å². The molecule has 1 aliphatic heterocycles. The standard InChI is InChI=1S/C21H23P/c1-2-8-15(7-1)21(12-6-13-21)19-17-10-4-3-9-16(17)18-11-5-14-22-20(18)19/h3-5,9-11,14-15,22H,1-2,6-8,12-13H2. The van der Waals surface area contributed by atoms with Crippen molar-refractivity contribution >= 4 is 19.0 Å². The topological polar surface area (TPSA) is 0 Å². The summed E-state index contributed by atoms with van der Waals surface area (Å²) < 4.78 is 0. The highest BCUT2D eigenvalue weighted by Gasteiger charge is 2.48. The van der Waals surface area contributed by atoms with Gasteiger partial charge in [0.25, 0.3) is 0 Å². The fraction of sp³-hybridized carbons (Fsp3) is 0.429.